The SMILES string of the molecule is [Mo].[Mo].[Mo].[Mo].[Mo].[Mo].[Mo].[Mo].[O-2].[O-2].[O-2].[O-2].[O-2].[O-2].[O-2].[O-2].[O-2].[O-2].[O-2].[O-2].[O-2].[O-2].[O-2].[O-2].[O-2].[O-2].[O-2].[O-2].[O-2].[O-2].[O-2].[O-2].[O-2].[O-2].c1c[nH+]c[nH]1.c1c[nH+]c[nH]1.c1c[nH+]c[nH]1.c1c[nH+]c[nH]1.c1c[nH]cn1.c1c[nH]cn1. The van der Waals surface area contributed by atoms with Crippen LogP contribution in [0.1, 0.15) is 0 Å². The quantitative estimate of drug-likeness (QED) is 0.0869. The monoisotopic (exact) mass is 1610 g/mol. The Labute approximate surface area is 478 Å². The van der Waals surface area contributed by atoms with Crippen LogP contribution in [-0.4, -0.2) is 39.9 Å². The Morgan fingerprint density at radius 3 is 0.406 bits per heavy atom. The second-order valence-electron chi connectivity index (χ2n) is 4.77. The minimum absolute atomic E-state index is 0. The smallest absolute Gasteiger partial charge is 0.239 e. The number of nitrogens with one attached hydrogen (secondary N) is 10. The van der Waals surface area contributed by atoms with Gasteiger partial charge in [0.1, 0.15) is 49.6 Å². The first-order valence-electron chi connectivity index (χ1n) is 8.81. The van der Waals surface area contributed by atoms with E-state index in [1.807, 2.05) is 49.6 Å². The normalized spacial score (nSPS) is 3.75. The number of nitrogens with zero attached hydrogens (tertiary/aromatic N) is 2. The van der Waals surface area contributed by atoms with E-state index in [-0.39, 0.29) is 311 Å². The molecule has 38 nitrogen and oxygen atoms in total. The van der Waals surface area contributed by atoms with Gasteiger partial charge in [-0.25, -0.2) is 9.97 Å². The number of aromatic nitrogens is 12. The third-order valence-corrected chi connectivity index (χ3v) is 2.58. The van der Waals surface area contributed by atoms with Crippen LogP contribution in [0.2, 0.25) is 0 Å². The molecule has 6 aromatic heterocycles. The summed E-state index contributed by atoms with van der Waals surface area (Å²) < 4.78 is 0. The van der Waals surface area contributed by atoms with E-state index in [9.17, 15) is 0 Å². The van der Waals surface area contributed by atoms with Gasteiger partial charge in [-0.1, -0.05) is 0 Å². The molecule has 0 aromatic carbocycles. The second kappa shape index (κ2) is 270. The Morgan fingerprint density at radius 2 is 0.375 bits per heavy atom. The predicted octanol–water partition coefficient (Wildman–Crippen LogP) is -2.97. The summed E-state index contributed by atoms with van der Waals surface area (Å²) in [5.74, 6) is 0. The molecule has 0 fully saturated rings. The Kier molecular flexibility index (Phi) is 1200. The van der Waals surface area contributed by atoms with Crippen LogP contribution in [-0.2, 0) is 311 Å². The van der Waals surface area contributed by atoms with E-state index in [1.54, 1.807) is 62.8 Å². The topological polar surface area (TPSA) is 918 Å². The standard InChI is InChI=1S/6C3H4N2.8Mo.26O/c6*1-2-5-3-4-1;;;;;;;;;;;;;;;;;;;;;;;;;;;;;;;;;;/h6*1-3H,(H,4,5);;;;;;;;;;;;;;;;;;;;;;;;;;;;;;;;;;/q;;;;;;;;;;;;;;26*-2/p+4. The Balaban J connectivity index is -0.00000000477. The number of aromatic amines is 10. The summed E-state index contributed by atoms with van der Waals surface area (Å²) in [6.45, 7) is 0. The Morgan fingerprint density at radius 1 is 0.219 bits per heavy atom. The zero-order valence-electron chi connectivity index (χ0n) is 30.2. The van der Waals surface area contributed by atoms with Crippen molar-refractivity contribution in [1.82, 2.24) is 39.9 Å². The van der Waals surface area contributed by atoms with Crippen molar-refractivity contribution in [2.75, 3.05) is 0 Å². The number of H-pyrrole nitrogens is 10. The van der Waals surface area contributed by atoms with Crippen molar-refractivity contribution >= 4 is 0 Å². The van der Waals surface area contributed by atoms with Gasteiger partial charge >= 0.3 is 0 Å². The van der Waals surface area contributed by atoms with E-state index in [0.717, 1.165) is 0 Å². The minimum Gasteiger partial charge on any atom is -2.00 e. The third kappa shape index (κ3) is 258. The van der Waals surface area contributed by atoms with Crippen molar-refractivity contribution in [2.24, 2.45) is 0 Å². The maximum absolute atomic E-state index is 3.67. The minimum atomic E-state index is 0. The molecule has 6 heterocycles. The van der Waals surface area contributed by atoms with Crippen molar-refractivity contribution in [2.45, 2.75) is 0 Å². The summed E-state index contributed by atoms with van der Waals surface area (Å²) in [7, 11) is 0. The number of imidazole rings is 6. The van der Waals surface area contributed by atoms with Crippen LogP contribution in [0.4, 0.5) is 0 Å². The molecular weight excluding hydrogens is 1570 g/mol. The predicted molar refractivity (Wildman–Crippen MR) is 124 cm³/mol. The molecule has 0 bridgehead atoms. The van der Waals surface area contributed by atoms with E-state index >= 15 is 0 Å². The Hall–Kier alpha value is -0.274. The molecule has 0 saturated heterocycles. The van der Waals surface area contributed by atoms with Gasteiger partial charge in [0.15, 0.2) is 0 Å². The molecule has 0 atom stereocenters. The van der Waals surface area contributed by atoms with Crippen LogP contribution in [0.15, 0.2) is 112 Å². The molecule has 0 unspecified atom stereocenters. The number of rotatable bonds is 0. The van der Waals surface area contributed by atoms with Crippen LogP contribution in [0, 0.1) is 0 Å². The first-order valence-corrected chi connectivity index (χ1v) is 8.81. The van der Waals surface area contributed by atoms with Crippen molar-refractivity contribution in [3.05, 3.63) is 112 Å². The number of hydrogen-bond acceptors (Lipinski definition) is 2. The maximum Gasteiger partial charge on any atom is 0.239 e. The Bertz CT molecular complexity index is 662. The van der Waals surface area contributed by atoms with Gasteiger partial charge in [0.05, 0.1) is 12.7 Å². The average Bonchev–Trinajstić information content (AvgIpc) is 3.69. The summed E-state index contributed by atoms with van der Waals surface area (Å²) in [5.41, 5.74) is 0. The van der Waals surface area contributed by atoms with Crippen molar-refractivity contribution in [1.29, 1.82) is 0 Å². The van der Waals surface area contributed by atoms with Gasteiger partial charge in [-0.3, -0.25) is 39.9 Å². The van der Waals surface area contributed by atoms with Gasteiger partial charge in [0.25, 0.3) is 0 Å². The molecule has 0 amide bonds. The first kappa shape index (κ1) is 284. The third-order valence-electron chi connectivity index (χ3n) is 2.58. The molecule has 6 aromatic rings. The van der Waals surface area contributed by atoms with Gasteiger partial charge in [-0.15, -0.1) is 0 Å². The summed E-state index contributed by atoms with van der Waals surface area (Å²) >= 11 is 0. The molecule has 0 aliphatic heterocycles. The van der Waals surface area contributed by atoms with Crippen LogP contribution < -0.4 is 19.9 Å². The fraction of sp³-hybridized carbons (Fsp3) is 0. The largest absolute Gasteiger partial charge is 2.00 e. The number of hydrogen-bond donors (Lipinski definition) is 6. The molecule has 412 valence electrons. The molecule has 6 rings (SSSR count). The summed E-state index contributed by atoms with van der Waals surface area (Å²) in [6.07, 6.45) is 31.7. The zero-order chi connectivity index (χ0) is 21.2. The molecule has 10 N–H and O–H groups in total. The van der Waals surface area contributed by atoms with Gasteiger partial charge < -0.3 is 152 Å². The van der Waals surface area contributed by atoms with Gasteiger partial charge in [-0.05, 0) is 0 Å². The first-order chi connectivity index (χ1) is 15.0. The molecule has 64 heavy (non-hydrogen) atoms. The molecule has 0 aliphatic rings. The summed E-state index contributed by atoms with van der Waals surface area (Å²) in [6, 6.07) is 0. The van der Waals surface area contributed by atoms with E-state index < -0.39 is 0 Å². The van der Waals surface area contributed by atoms with Gasteiger partial charge in [-0.2, -0.15) is 0 Å². The molecular formula is C18H28Mo8N12O26-48. The van der Waals surface area contributed by atoms with E-state index in [2.05, 4.69) is 59.8 Å². The van der Waals surface area contributed by atoms with Gasteiger partial charge in [0, 0.05) is 193 Å². The molecule has 46 heteroatoms. The van der Waals surface area contributed by atoms with E-state index in [4.69, 9.17) is 0 Å². The summed E-state index contributed by atoms with van der Waals surface area (Å²) in [4.78, 5) is 35.3. The fourth-order valence-electron chi connectivity index (χ4n) is 1.39. The molecule has 0 spiro atoms. The molecule has 0 aliphatic carbocycles. The van der Waals surface area contributed by atoms with Crippen LogP contribution in [0.25, 0.3) is 0 Å². The fourth-order valence-corrected chi connectivity index (χ4v) is 1.39. The molecule has 0 saturated carbocycles. The van der Waals surface area contributed by atoms with Gasteiger partial charge in [0.2, 0.25) is 25.3 Å². The summed E-state index contributed by atoms with van der Waals surface area (Å²) in [5, 5.41) is 0. The van der Waals surface area contributed by atoms with Crippen molar-refractivity contribution in [3.8, 4) is 0 Å². The average molecular weight is 1600 g/mol. The van der Waals surface area contributed by atoms with Crippen molar-refractivity contribution in [3.63, 3.8) is 0 Å². The zero-order valence-corrected chi connectivity index (χ0v) is 46.2. The molecule has 0 radical (unpaired) electrons. The van der Waals surface area contributed by atoms with E-state index in [0.29, 0.717) is 0 Å². The maximum atomic E-state index is 3.67. The van der Waals surface area contributed by atoms with Crippen LogP contribution in [0.3, 0.4) is 0 Å². The van der Waals surface area contributed by atoms with Crippen LogP contribution in [0.5, 0.6) is 0 Å². The van der Waals surface area contributed by atoms with Crippen LogP contribution >= 0.6 is 0 Å². The van der Waals surface area contributed by atoms with E-state index in [1.165, 1.54) is 0 Å². The second-order valence-corrected chi connectivity index (χ2v) is 4.77. The van der Waals surface area contributed by atoms with Crippen molar-refractivity contribution < 1.29 is 331 Å².